The first-order valence-electron chi connectivity index (χ1n) is 7.63. The van der Waals surface area contributed by atoms with Crippen LogP contribution in [0.15, 0.2) is 29.8 Å². The molecule has 2 aromatic rings. The summed E-state index contributed by atoms with van der Waals surface area (Å²) < 4.78 is 2.23. The summed E-state index contributed by atoms with van der Waals surface area (Å²) in [4.78, 5) is 26.8. The summed E-state index contributed by atoms with van der Waals surface area (Å²) in [6.07, 6.45) is 3.37. The molecule has 0 radical (unpaired) electrons. The molecule has 0 unspecified atom stereocenters. The lowest BCUT2D eigenvalue weighted by Crippen LogP contribution is -2.42. The molecule has 0 N–H and O–H groups in total. The van der Waals surface area contributed by atoms with Gasteiger partial charge in [-0.1, -0.05) is 6.92 Å². The lowest BCUT2D eigenvalue weighted by atomic mass is 10.1. The monoisotopic (exact) mass is 316 g/mol. The maximum absolute atomic E-state index is 12.7. The third-order valence-electron chi connectivity index (χ3n) is 4.23. The normalized spacial score (nSPS) is 17.4. The van der Waals surface area contributed by atoms with Gasteiger partial charge in [0.15, 0.2) is 5.78 Å². The van der Waals surface area contributed by atoms with E-state index in [2.05, 4.69) is 23.8 Å². The predicted octanol–water partition coefficient (Wildman–Crippen LogP) is 3.29. The van der Waals surface area contributed by atoms with E-state index < -0.39 is 0 Å². The highest BCUT2D eigenvalue weighted by Crippen LogP contribution is 2.29. The Labute approximate surface area is 134 Å². The number of amides is 1. The second-order valence-corrected chi connectivity index (χ2v) is 6.60. The zero-order valence-corrected chi connectivity index (χ0v) is 13.7. The van der Waals surface area contributed by atoms with Gasteiger partial charge in [0.05, 0.1) is 17.3 Å². The van der Waals surface area contributed by atoms with E-state index in [9.17, 15) is 9.59 Å². The Balaban J connectivity index is 1.75. The Morgan fingerprint density at radius 3 is 2.86 bits per heavy atom. The molecular weight excluding hydrogens is 296 g/mol. The lowest BCUT2D eigenvalue weighted by molar-refractivity contribution is -0.134. The summed E-state index contributed by atoms with van der Waals surface area (Å²) >= 11 is 1.42. The van der Waals surface area contributed by atoms with Gasteiger partial charge in [0, 0.05) is 25.0 Å². The van der Waals surface area contributed by atoms with Gasteiger partial charge in [0.1, 0.15) is 0 Å². The SMILES string of the molecule is CC[C@H]1c2cccn2CCN1C(=O)Cc1csc(C(C)=O)c1. The van der Waals surface area contributed by atoms with Crippen LogP contribution in [-0.4, -0.2) is 27.7 Å². The Kier molecular flexibility index (Phi) is 4.16. The lowest BCUT2D eigenvalue weighted by Gasteiger charge is -2.36. The Bertz CT molecular complexity index is 701. The highest BCUT2D eigenvalue weighted by atomic mass is 32.1. The molecule has 116 valence electrons. The third-order valence-corrected chi connectivity index (χ3v) is 5.31. The van der Waals surface area contributed by atoms with Crippen LogP contribution in [0.5, 0.6) is 0 Å². The Hall–Kier alpha value is -1.88. The van der Waals surface area contributed by atoms with Crippen LogP contribution >= 0.6 is 11.3 Å². The van der Waals surface area contributed by atoms with Crippen molar-refractivity contribution in [3.8, 4) is 0 Å². The second-order valence-electron chi connectivity index (χ2n) is 5.69. The van der Waals surface area contributed by atoms with E-state index >= 15 is 0 Å². The summed E-state index contributed by atoms with van der Waals surface area (Å²) in [6.45, 7) is 5.28. The van der Waals surface area contributed by atoms with E-state index in [1.807, 2.05) is 22.4 Å². The van der Waals surface area contributed by atoms with Gasteiger partial charge in [-0.15, -0.1) is 11.3 Å². The fourth-order valence-electron chi connectivity index (χ4n) is 3.12. The number of aromatic nitrogens is 1. The molecule has 4 nitrogen and oxygen atoms in total. The molecule has 0 spiro atoms. The average Bonchev–Trinajstić information content (AvgIpc) is 3.14. The number of thiophene rings is 1. The number of ketones is 1. The van der Waals surface area contributed by atoms with Gasteiger partial charge in [-0.3, -0.25) is 9.59 Å². The number of carbonyl (C=O) groups is 2. The molecule has 1 atom stereocenters. The van der Waals surface area contributed by atoms with Crippen LogP contribution in [0.3, 0.4) is 0 Å². The molecule has 5 heteroatoms. The van der Waals surface area contributed by atoms with Crippen molar-refractivity contribution >= 4 is 23.0 Å². The van der Waals surface area contributed by atoms with E-state index in [0.29, 0.717) is 6.42 Å². The number of hydrogen-bond donors (Lipinski definition) is 0. The first-order valence-corrected chi connectivity index (χ1v) is 8.51. The summed E-state index contributed by atoms with van der Waals surface area (Å²) in [5, 5.41) is 1.92. The molecule has 3 heterocycles. The molecule has 0 fully saturated rings. The zero-order valence-electron chi connectivity index (χ0n) is 12.9. The number of rotatable bonds is 4. The highest BCUT2D eigenvalue weighted by molar-refractivity contribution is 7.12. The van der Waals surface area contributed by atoms with E-state index in [1.165, 1.54) is 17.0 Å². The fourth-order valence-corrected chi connectivity index (χ4v) is 3.94. The molecule has 0 saturated heterocycles. The Morgan fingerprint density at radius 1 is 1.36 bits per heavy atom. The molecule has 0 bridgehead atoms. The van der Waals surface area contributed by atoms with Crippen molar-refractivity contribution in [2.45, 2.75) is 39.3 Å². The van der Waals surface area contributed by atoms with Gasteiger partial charge in [0.2, 0.25) is 5.91 Å². The second kappa shape index (κ2) is 6.08. The van der Waals surface area contributed by atoms with Gasteiger partial charge in [-0.05, 0) is 42.5 Å². The van der Waals surface area contributed by atoms with Crippen molar-refractivity contribution in [3.63, 3.8) is 0 Å². The quantitative estimate of drug-likeness (QED) is 0.812. The van der Waals surface area contributed by atoms with Crippen LogP contribution in [0.2, 0.25) is 0 Å². The minimum atomic E-state index is 0.0610. The third kappa shape index (κ3) is 2.73. The smallest absolute Gasteiger partial charge is 0.227 e. The number of nitrogens with zero attached hydrogens (tertiary/aromatic N) is 2. The Morgan fingerprint density at radius 2 is 2.18 bits per heavy atom. The molecule has 1 amide bonds. The van der Waals surface area contributed by atoms with Gasteiger partial charge in [-0.2, -0.15) is 0 Å². The van der Waals surface area contributed by atoms with Crippen LogP contribution in [-0.2, 0) is 17.8 Å². The van der Waals surface area contributed by atoms with E-state index in [4.69, 9.17) is 0 Å². The van der Waals surface area contributed by atoms with Gasteiger partial charge in [-0.25, -0.2) is 0 Å². The van der Waals surface area contributed by atoms with Gasteiger partial charge in [0.25, 0.3) is 0 Å². The van der Waals surface area contributed by atoms with Crippen molar-refractivity contribution in [3.05, 3.63) is 45.9 Å². The highest BCUT2D eigenvalue weighted by Gasteiger charge is 2.29. The number of carbonyl (C=O) groups excluding carboxylic acids is 2. The summed E-state index contributed by atoms with van der Waals surface area (Å²) in [7, 11) is 0. The maximum Gasteiger partial charge on any atom is 0.227 e. The van der Waals surface area contributed by atoms with Crippen LogP contribution in [0.4, 0.5) is 0 Å². The van der Waals surface area contributed by atoms with Crippen LogP contribution in [0.25, 0.3) is 0 Å². The minimum Gasteiger partial charge on any atom is -0.348 e. The zero-order chi connectivity index (χ0) is 15.7. The summed E-state index contributed by atoms with van der Waals surface area (Å²) in [5.41, 5.74) is 2.16. The molecule has 1 aliphatic rings. The standard InChI is InChI=1S/C17H20N2O2S/c1-3-14-15-5-4-6-18(15)7-8-19(14)17(21)10-13-9-16(12(2)20)22-11-13/h4-6,9,11,14H,3,7-8,10H2,1-2H3/t14-/m0/s1. The number of Topliss-reactive ketones (excluding diaryl/α,β-unsaturated/α-hetero) is 1. The topological polar surface area (TPSA) is 42.3 Å². The van der Waals surface area contributed by atoms with Crippen molar-refractivity contribution in [1.82, 2.24) is 9.47 Å². The molecule has 1 aliphatic heterocycles. The van der Waals surface area contributed by atoms with Crippen LogP contribution in [0.1, 0.15) is 47.2 Å². The average molecular weight is 316 g/mol. The fraction of sp³-hybridized carbons (Fsp3) is 0.412. The van der Waals surface area contributed by atoms with Crippen LogP contribution < -0.4 is 0 Å². The predicted molar refractivity (Wildman–Crippen MR) is 87.2 cm³/mol. The molecule has 0 aliphatic carbocycles. The number of fused-ring (bicyclic) bond motifs is 1. The number of hydrogen-bond acceptors (Lipinski definition) is 3. The largest absolute Gasteiger partial charge is 0.348 e. The molecule has 22 heavy (non-hydrogen) atoms. The molecule has 2 aromatic heterocycles. The van der Waals surface area contributed by atoms with Gasteiger partial charge < -0.3 is 9.47 Å². The molecule has 0 aromatic carbocycles. The van der Waals surface area contributed by atoms with Crippen molar-refractivity contribution in [2.75, 3.05) is 6.54 Å². The van der Waals surface area contributed by atoms with Crippen molar-refractivity contribution < 1.29 is 9.59 Å². The maximum atomic E-state index is 12.7. The summed E-state index contributed by atoms with van der Waals surface area (Å²) in [5.74, 6) is 0.207. The first-order chi connectivity index (χ1) is 10.6. The van der Waals surface area contributed by atoms with Crippen molar-refractivity contribution in [2.24, 2.45) is 0 Å². The first kappa shape index (κ1) is 15.0. The van der Waals surface area contributed by atoms with Crippen LogP contribution in [0, 0.1) is 0 Å². The summed E-state index contributed by atoms with van der Waals surface area (Å²) in [6, 6.07) is 6.15. The van der Waals surface area contributed by atoms with E-state index in [0.717, 1.165) is 30.0 Å². The van der Waals surface area contributed by atoms with E-state index in [-0.39, 0.29) is 17.7 Å². The molecule has 0 saturated carbocycles. The van der Waals surface area contributed by atoms with Crippen molar-refractivity contribution in [1.29, 1.82) is 0 Å². The van der Waals surface area contributed by atoms with Gasteiger partial charge >= 0.3 is 0 Å². The minimum absolute atomic E-state index is 0.0610. The molecular formula is C17H20N2O2S. The molecule has 3 rings (SSSR count). The van der Waals surface area contributed by atoms with E-state index in [1.54, 1.807) is 6.92 Å².